The van der Waals surface area contributed by atoms with Crippen LogP contribution in [-0.2, 0) is 11.2 Å². The number of nitrogens with two attached hydrogens (primary N) is 1. The first-order valence-electron chi connectivity index (χ1n) is 6.76. The Morgan fingerprint density at radius 3 is 2.85 bits per heavy atom. The maximum absolute atomic E-state index is 11.0. The van der Waals surface area contributed by atoms with E-state index in [1.165, 1.54) is 12.5 Å². The number of nitrogens with one attached hydrogen (secondary N) is 1. The number of aryl methyl sites for hydroxylation is 1. The number of amides is 1. The number of carbonyl (C=O) groups is 1. The molecule has 20 heavy (non-hydrogen) atoms. The fourth-order valence-electron chi connectivity index (χ4n) is 2.85. The van der Waals surface area contributed by atoms with E-state index in [0.29, 0.717) is 5.88 Å². The Bertz CT molecular complexity index is 631. The van der Waals surface area contributed by atoms with Crippen LogP contribution in [0.15, 0.2) is 28.8 Å². The molecule has 1 aromatic carbocycles. The summed E-state index contributed by atoms with van der Waals surface area (Å²) in [7, 11) is 0. The molecule has 1 aliphatic carbocycles. The van der Waals surface area contributed by atoms with E-state index in [0.717, 1.165) is 36.2 Å². The van der Waals surface area contributed by atoms with Crippen molar-refractivity contribution in [3.05, 3.63) is 41.1 Å². The van der Waals surface area contributed by atoms with E-state index in [-0.39, 0.29) is 11.8 Å². The summed E-state index contributed by atoms with van der Waals surface area (Å²) < 4.78 is 5.12. The second-order valence-electron chi connectivity index (χ2n) is 5.16. The summed E-state index contributed by atoms with van der Waals surface area (Å²) >= 11 is 0. The standard InChI is InChI=1S/C15H17N3O2/c1-9(19)17-11-7-5-10(6-8-11)12-3-2-4-13-14(12)15(16)20-18-13/h5-8,12H,2-4,16H2,1H3,(H,17,19). The summed E-state index contributed by atoms with van der Waals surface area (Å²) in [6.07, 6.45) is 3.05. The van der Waals surface area contributed by atoms with Gasteiger partial charge < -0.3 is 15.6 Å². The van der Waals surface area contributed by atoms with E-state index in [4.69, 9.17) is 10.3 Å². The van der Waals surface area contributed by atoms with Crippen molar-refractivity contribution >= 4 is 17.5 Å². The molecule has 3 rings (SSSR count). The molecule has 1 aromatic heterocycles. The number of rotatable bonds is 2. The van der Waals surface area contributed by atoms with Gasteiger partial charge in [-0.05, 0) is 37.0 Å². The molecular formula is C15H17N3O2. The quantitative estimate of drug-likeness (QED) is 0.879. The van der Waals surface area contributed by atoms with Crippen LogP contribution in [0.4, 0.5) is 11.6 Å². The van der Waals surface area contributed by atoms with E-state index in [1.807, 2.05) is 24.3 Å². The number of fused-ring (bicyclic) bond motifs is 1. The van der Waals surface area contributed by atoms with Crippen LogP contribution < -0.4 is 11.1 Å². The third-order valence-corrected chi connectivity index (χ3v) is 3.72. The first kappa shape index (κ1) is 12.7. The fraction of sp³-hybridized carbons (Fsp3) is 0.333. The summed E-state index contributed by atoms with van der Waals surface area (Å²) in [6, 6.07) is 7.87. The van der Waals surface area contributed by atoms with Crippen LogP contribution >= 0.6 is 0 Å². The molecule has 0 bridgehead atoms. The van der Waals surface area contributed by atoms with Gasteiger partial charge in [-0.3, -0.25) is 4.79 Å². The van der Waals surface area contributed by atoms with Gasteiger partial charge in [0.25, 0.3) is 0 Å². The van der Waals surface area contributed by atoms with Gasteiger partial charge in [-0.1, -0.05) is 17.3 Å². The van der Waals surface area contributed by atoms with Gasteiger partial charge in [0.15, 0.2) is 0 Å². The zero-order chi connectivity index (χ0) is 14.1. The minimum absolute atomic E-state index is 0.0685. The molecule has 0 aliphatic heterocycles. The third kappa shape index (κ3) is 2.27. The summed E-state index contributed by atoms with van der Waals surface area (Å²) in [5.41, 5.74) is 9.88. The Hall–Kier alpha value is -2.30. The van der Waals surface area contributed by atoms with Gasteiger partial charge in [-0.15, -0.1) is 0 Å². The van der Waals surface area contributed by atoms with Crippen LogP contribution in [0, 0.1) is 0 Å². The van der Waals surface area contributed by atoms with Crippen molar-refractivity contribution in [2.24, 2.45) is 0 Å². The highest BCUT2D eigenvalue weighted by molar-refractivity contribution is 5.88. The van der Waals surface area contributed by atoms with Crippen molar-refractivity contribution in [1.29, 1.82) is 0 Å². The molecule has 0 saturated heterocycles. The topological polar surface area (TPSA) is 81.2 Å². The zero-order valence-corrected chi connectivity index (χ0v) is 11.3. The maximum Gasteiger partial charge on any atom is 0.226 e. The molecule has 1 atom stereocenters. The van der Waals surface area contributed by atoms with Crippen molar-refractivity contribution < 1.29 is 9.32 Å². The number of anilines is 2. The number of nitrogen functional groups attached to an aromatic ring is 1. The molecule has 1 aliphatic rings. The lowest BCUT2D eigenvalue weighted by Crippen LogP contribution is -2.12. The molecular weight excluding hydrogens is 254 g/mol. The van der Waals surface area contributed by atoms with Gasteiger partial charge in [0.2, 0.25) is 11.8 Å². The number of hydrogen-bond donors (Lipinski definition) is 2. The Morgan fingerprint density at radius 2 is 2.15 bits per heavy atom. The molecule has 1 amide bonds. The predicted molar refractivity (Wildman–Crippen MR) is 76.4 cm³/mol. The van der Waals surface area contributed by atoms with Crippen molar-refractivity contribution in [3.63, 3.8) is 0 Å². The largest absolute Gasteiger partial charge is 0.367 e. The molecule has 1 unspecified atom stereocenters. The predicted octanol–water partition coefficient (Wildman–Crippen LogP) is 2.68. The molecule has 104 valence electrons. The first-order valence-corrected chi connectivity index (χ1v) is 6.76. The number of carbonyl (C=O) groups excluding carboxylic acids is 1. The SMILES string of the molecule is CC(=O)Nc1ccc(C2CCCc3noc(N)c32)cc1. The van der Waals surface area contributed by atoms with Gasteiger partial charge in [-0.25, -0.2) is 0 Å². The van der Waals surface area contributed by atoms with Crippen LogP contribution in [0.2, 0.25) is 0 Å². The molecule has 2 aromatic rings. The second kappa shape index (κ2) is 5.00. The highest BCUT2D eigenvalue weighted by Crippen LogP contribution is 2.39. The average molecular weight is 271 g/mol. The summed E-state index contributed by atoms with van der Waals surface area (Å²) in [6.45, 7) is 1.50. The minimum atomic E-state index is -0.0685. The lowest BCUT2D eigenvalue weighted by Gasteiger charge is -2.21. The fourth-order valence-corrected chi connectivity index (χ4v) is 2.85. The van der Waals surface area contributed by atoms with E-state index < -0.39 is 0 Å². The Labute approximate surface area is 117 Å². The van der Waals surface area contributed by atoms with Gasteiger partial charge >= 0.3 is 0 Å². The highest BCUT2D eigenvalue weighted by Gasteiger charge is 2.28. The summed E-state index contributed by atoms with van der Waals surface area (Å²) in [5.74, 6) is 0.591. The van der Waals surface area contributed by atoms with Crippen molar-refractivity contribution in [2.45, 2.75) is 32.1 Å². The lowest BCUT2D eigenvalue weighted by molar-refractivity contribution is -0.114. The Kier molecular flexibility index (Phi) is 3.18. The molecule has 5 heteroatoms. The monoisotopic (exact) mass is 271 g/mol. The molecule has 0 spiro atoms. The van der Waals surface area contributed by atoms with Gasteiger partial charge in [-0.2, -0.15) is 0 Å². The molecule has 0 saturated carbocycles. The van der Waals surface area contributed by atoms with Crippen LogP contribution in [0.5, 0.6) is 0 Å². The van der Waals surface area contributed by atoms with E-state index >= 15 is 0 Å². The smallest absolute Gasteiger partial charge is 0.226 e. The van der Waals surface area contributed by atoms with E-state index in [1.54, 1.807) is 0 Å². The molecule has 5 nitrogen and oxygen atoms in total. The van der Waals surface area contributed by atoms with E-state index in [9.17, 15) is 4.79 Å². The van der Waals surface area contributed by atoms with Crippen LogP contribution in [0.1, 0.15) is 42.5 Å². The van der Waals surface area contributed by atoms with Gasteiger partial charge in [0, 0.05) is 24.1 Å². The average Bonchev–Trinajstić information content (AvgIpc) is 2.81. The lowest BCUT2D eigenvalue weighted by atomic mass is 9.82. The maximum atomic E-state index is 11.0. The Balaban J connectivity index is 1.90. The van der Waals surface area contributed by atoms with Gasteiger partial charge in [0.05, 0.1) is 5.69 Å². The number of benzene rings is 1. The van der Waals surface area contributed by atoms with E-state index in [2.05, 4.69) is 10.5 Å². The molecule has 0 fully saturated rings. The number of aromatic nitrogens is 1. The normalized spacial score (nSPS) is 17.6. The summed E-state index contributed by atoms with van der Waals surface area (Å²) in [5, 5.41) is 6.80. The summed E-state index contributed by atoms with van der Waals surface area (Å²) in [4.78, 5) is 11.0. The molecule has 1 heterocycles. The van der Waals surface area contributed by atoms with Crippen molar-refractivity contribution in [2.75, 3.05) is 11.1 Å². The first-order chi connectivity index (χ1) is 9.65. The van der Waals surface area contributed by atoms with Crippen molar-refractivity contribution in [3.8, 4) is 0 Å². The Morgan fingerprint density at radius 1 is 1.40 bits per heavy atom. The van der Waals surface area contributed by atoms with Crippen LogP contribution in [-0.4, -0.2) is 11.1 Å². The number of hydrogen-bond acceptors (Lipinski definition) is 4. The molecule has 0 radical (unpaired) electrons. The third-order valence-electron chi connectivity index (χ3n) is 3.72. The van der Waals surface area contributed by atoms with Crippen LogP contribution in [0.3, 0.4) is 0 Å². The minimum Gasteiger partial charge on any atom is -0.367 e. The van der Waals surface area contributed by atoms with Gasteiger partial charge in [0.1, 0.15) is 0 Å². The number of nitrogens with zero attached hydrogens (tertiary/aromatic N) is 1. The molecule has 3 N–H and O–H groups in total. The van der Waals surface area contributed by atoms with Crippen molar-refractivity contribution in [1.82, 2.24) is 5.16 Å². The second-order valence-corrected chi connectivity index (χ2v) is 5.16. The zero-order valence-electron chi connectivity index (χ0n) is 11.3. The highest BCUT2D eigenvalue weighted by atomic mass is 16.5. The van der Waals surface area contributed by atoms with Crippen LogP contribution in [0.25, 0.3) is 0 Å².